The number of nitrogens with zero attached hydrogens (tertiary/aromatic N) is 2. The number of hydrogen-bond acceptors (Lipinski definition) is 4. The fourth-order valence-electron chi connectivity index (χ4n) is 2.39. The molecule has 0 atom stereocenters. The first kappa shape index (κ1) is 16.0. The van der Waals surface area contributed by atoms with Crippen molar-refractivity contribution in [3.05, 3.63) is 22.8 Å². The first-order valence-corrected chi connectivity index (χ1v) is 7.78. The van der Waals surface area contributed by atoms with Crippen molar-refractivity contribution in [1.82, 2.24) is 9.88 Å². The predicted octanol–water partition coefficient (Wildman–Crippen LogP) is 2.81. The summed E-state index contributed by atoms with van der Waals surface area (Å²) in [6.45, 7) is 3.08. The van der Waals surface area contributed by atoms with E-state index in [-0.39, 0.29) is 5.91 Å². The van der Waals surface area contributed by atoms with Crippen LogP contribution in [-0.2, 0) is 4.74 Å². The minimum Gasteiger partial charge on any atom is -0.385 e. The average molecular weight is 312 g/mol. The highest BCUT2D eigenvalue weighted by molar-refractivity contribution is 6.33. The Hall–Kier alpha value is -1.33. The average Bonchev–Trinajstić information content (AvgIpc) is 2.53. The van der Waals surface area contributed by atoms with Crippen molar-refractivity contribution in [2.75, 3.05) is 38.7 Å². The largest absolute Gasteiger partial charge is 0.385 e. The number of rotatable bonds is 6. The van der Waals surface area contributed by atoms with Crippen molar-refractivity contribution in [1.29, 1.82) is 0 Å². The van der Waals surface area contributed by atoms with Gasteiger partial charge in [-0.05, 0) is 31.7 Å². The molecule has 0 bridgehead atoms. The monoisotopic (exact) mass is 311 g/mol. The molecular formula is C15H22ClN3O2. The summed E-state index contributed by atoms with van der Waals surface area (Å²) in [4.78, 5) is 18.5. The number of amides is 1. The smallest absolute Gasteiger partial charge is 0.255 e. The van der Waals surface area contributed by atoms with E-state index in [1.807, 2.05) is 4.90 Å². The Morgan fingerprint density at radius 3 is 2.86 bits per heavy atom. The number of ether oxygens (including phenoxy) is 1. The molecule has 1 aliphatic rings. The molecule has 0 unspecified atom stereocenters. The van der Waals surface area contributed by atoms with Gasteiger partial charge in [0.25, 0.3) is 5.91 Å². The molecule has 1 aromatic heterocycles. The second-order valence-electron chi connectivity index (χ2n) is 5.18. The van der Waals surface area contributed by atoms with Crippen molar-refractivity contribution < 1.29 is 9.53 Å². The number of anilines is 1. The summed E-state index contributed by atoms with van der Waals surface area (Å²) in [7, 11) is 1.67. The van der Waals surface area contributed by atoms with E-state index in [0.29, 0.717) is 23.0 Å². The molecule has 2 rings (SSSR count). The summed E-state index contributed by atoms with van der Waals surface area (Å²) in [5, 5.41) is 3.63. The number of methoxy groups -OCH3 is 1. The number of nitrogens with one attached hydrogen (secondary N) is 1. The molecule has 1 fully saturated rings. The molecule has 0 spiro atoms. The molecule has 1 aliphatic heterocycles. The topological polar surface area (TPSA) is 54.5 Å². The van der Waals surface area contributed by atoms with Gasteiger partial charge < -0.3 is 15.0 Å². The second-order valence-corrected chi connectivity index (χ2v) is 5.59. The van der Waals surface area contributed by atoms with Crippen molar-refractivity contribution in [3.8, 4) is 0 Å². The number of piperidine rings is 1. The van der Waals surface area contributed by atoms with Crippen LogP contribution in [-0.4, -0.2) is 49.1 Å². The molecule has 5 nitrogen and oxygen atoms in total. The van der Waals surface area contributed by atoms with Crippen LogP contribution in [0.3, 0.4) is 0 Å². The van der Waals surface area contributed by atoms with E-state index >= 15 is 0 Å². The van der Waals surface area contributed by atoms with Crippen LogP contribution in [0.25, 0.3) is 0 Å². The summed E-state index contributed by atoms with van der Waals surface area (Å²) >= 11 is 6.20. The van der Waals surface area contributed by atoms with Crippen molar-refractivity contribution in [2.45, 2.75) is 25.7 Å². The minimum absolute atomic E-state index is 0.0232. The van der Waals surface area contributed by atoms with Gasteiger partial charge >= 0.3 is 0 Å². The Kier molecular flexibility index (Phi) is 6.26. The van der Waals surface area contributed by atoms with Gasteiger partial charge in [0.15, 0.2) is 0 Å². The Bertz CT molecular complexity index is 476. The van der Waals surface area contributed by atoms with Gasteiger partial charge in [0.2, 0.25) is 0 Å². The van der Waals surface area contributed by atoms with Crippen LogP contribution in [0.1, 0.15) is 36.0 Å². The predicted molar refractivity (Wildman–Crippen MR) is 84.0 cm³/mol. The highest BCUT2D eigenvalue weighted by Gasteiger charge is 2.19. The lowest BCUT2D eigenvalue weighted by Gasteiger charge is -2.26. The van der Waals surface area contributed by atoms with Crippen LogP contribution >= 0.6 is 11.6 Å². The van der Waals surface area contributed by atoms with Gasteiger partial charge in [-0.3, -0.25) is 4.79 Å². The molecule has 21 heavy (non-hydrogen) atoms. The van der Waals surface area contributed by atoms with E-state index in [4.69, 9.17) is 16.3 Å². The van der Waals surface area contributed by atoms with Gasteiger partial charge in [-0.2, -0.15) is 0 Å². The molecule has 2 heterocycles. The lowest BCUT2D eigenvalue weighted by molar-refractivity contribution is 0.0724. The van der Waals surface area contributed by atoms with Gasteiger partial charge in [0, 0.05) is 39.5 Å². The summed E-state index contributed by atoms with van der Waals surface area (Å²) in [5.41, 5.74) is 0.560. The summed E-state index contributed by atoms with van der Waals surface area (Å²) in [6, 6.07) is 1.70. The van der Waals surface area contributed by atoms with E-state index in [9.17, 15) is 4.79 Å². The number of carbonyl (C=O) groups is 1. The van der Waals surface area contributed by atoms with Crippen LogP contribution in [0.15, 0.2) is 12.3 Å². The van der Waals surface area contributed by atoms with Gasteiger partial charge in [0.1, 0.15) is 5.82 Å². The van der Waals surface area contributed by atoms with Crippen LogP contribution in [0.2, 0.25) is 5.02 Å². The zero-order valence-electron chi connectivity index (χ0n) is 12.4. The highest BCUT2D eigenvalue weighted by Crippen LogP contribution is 2.21. The minimum atomic E-state index is 0.0232. The third-order valence-electron chi connectivity index (χ3n) is 3.55. The van der Waals surface area contributed by atoms with Crippen molar-refractivity contribution >= 4 is 23.3 Å². The van der Waals surface area contributed by atoms with Gasteiger partial charge in [-0.1, -0.05) is 11.6 Å². The third-order valence-corrected chi connectivity index (χ3v) is 3.84. The normalized spacial score (nSPS) is 15.0. The maximum atomic E-state index is 12.4. The van der Waals surface area contributed by atoms with Crippen LogP contribution < -0.4 is 5.32 Å². The van der Waals surface area contributed by atoms with Gasteiger partial charge in [-0.15, -0.1) is 0 Å². The number of pyridine rings is 1. The maximum Gasteiger partial charge on any atom is 0.255 e. The van der Waals surface area contributed by atoms with E-state index in [1.54, 1.807) is 19.4 Å². The number of likely N-dealkylation sites (tertiary alicyclic amines) is 1. The molecule has 116 valence electrons. The lowest BCUT2D eigenvalue weighted by atomic mass is 10.1. The molecule has 6 heteroatoms. The molecular weight excluding hydrogens is 290 g/mol. The van der Waals surface area contributed by atoms with Gasteiger partial charge in [0.05, 0.1) is 10.6 Å². The zero-order valence-corrected chi connectivity index (χ0v) is 13.2. The molecule has 1 amide bonds. The van der Waals surface area contributed by atoms with Crippen molar-refractivity contribution in [3.63, 3.8) is 0 Å². The molecule has 0 radical (unpaired) electrons. The molecule has 0 aromatic carbocycles. The Balaban J connectivity index is 1.95. The fraction of sp³-hybridized carbons (Fsp3) is 0.600. The van der Waals surface area contributed by atoms with E-state index in [2.05, 4.69) is 10.3 Å². The Labute approximate surface area is 130 Å². The lowest BCUT2D eigenvalue weighted by Crippen LogP contribution is -2.35. The number of carbonyl (C=O) groups excluding carboxylic acids is 1. The van der Waals surface area contributed by atoms with E-state index in [1.165, 1.54) is 6.42 Å². The summed E-state index contributed by atoms with van der Waals surface area (Å²) < 4.78 is 4.98. The quantitative estimate of drug-likeness (QED) is 0.821. The molecule has 1 saturated heterocycles. The van der Waals surface area contributed by atoms with Crippen LogP contribution in [0, 0.1) is 0 Å². The first-order chi connectivity index (χ1) is 10.2. The molecule has 0 saturated carbocycles. The highest BCUT2D eigenvalue weighted by atomic mass is 35.5. The number of hydrogen-bond donors (Lipinski definition) is 1. The molecule has 0 aliphatic carbocycles. The zero-order chi connectivity index (χ0) is 15.1. The Morgan fingerprint density at radius 2 is 2.19 bits per heavy atom. The van der Waals surface area contributed by atoms with Crippen molar-refractivity contribution in [2.24, 2.45) is 0 Å². The SMILES string of the molecule is COCCCNc1ncc(C(=O)N2CCCCC2)cc1Cl. The van der Waals surface area contributed by atoms with E-state index in [0.717, 1.165) is 38.9 Å². The molecule has 1 aromatic rings. The summed E-state index contributed by atoms with van der Waals surface area (Å²) in [5.74, 6) is 0.637. The fourth-order valence-corrected chi connectivity index (χ4v) is 2.62. The number of aromatic nitrogens is 1. The standard InChI is InChI=1S/C15H22ClN3O2/c1-21-9-5-6-17-14-13(16)10-12(11-18-14)15(20)19-7-3-2-4-8-19/h10-11H,2-9H2,1H3,(H,17,18). The van der Waals surface area contributed by atoms with Crippen LogP contribution in [0.4, 0.5) is 5.82 Å². The summed E-state index contributed by atoms with van der Waals surface area (Å²) in [6.07, 6.45) is 5.83. The maximum absolute atomic E-state index is 12.4. The van der Waals surface area contributed by atoms with Gasteiger partial charge in [-0.25, -0.2) is 4.98 Å². The number of halogens is 1. The van der Waals surface area contributed by atoms with Crippen LogP contribution in [0.5, 0.6) is 0 Å². The molecule has 1 N–H and O–H groups in total. The Morgan fingerprint density at radius 1 is 1.43 bits per heavy atom. The van der Waals surface area contributed by atoms with E-state index < -0.39 is 0 Å². The second kappa shape index (κ2) is 8.20. The third kappa shape index (κ3) is 4.58. The first-order valence-electron chi connectivity index (χ1n) is 7.40.